The molecule has 3 fully saturated rings. The minimum atomic E-state index is -0.352. The van der Waals surface area contributed by atoms with Crippen molar-refractivity contribution < 1.29 is 19.4 Å². The number of hydrogen-bond acceptors (Lipinski definition) is 2. The standard InChI is InChI=1S/C26H31N3O2/c30-23-19-26(13-7-8-14-26)25(31)29(23)20-27-15-17-28(18-16-27)24(21-9-3-1-4-10-21)22-11-5-2-6-12-22/h1-6,9-12,24H,7-8,13-20H2/p+2. The number of nitrogens with zero attached hydrogens (tertiary/aromatic N) is 1. The maximum atomic E-state index is 13.0. The average molecular weight is 420 g/mol. The smallest absolute Gasteiger partial charge is 0.240 e. The zero-order valence-corrected chi connectivity index (χ0v) is 18.2. The van der Waals surface area contributed by atoms with E-state index in [-0.39, 0.29) is 17.2 Å². The molecule has 5 nitrogen and oxygen atoms in total. The van der Waals surface area contributed by atoms with E-state index in [1.807, 2.05) is 0 Å². The topological polar surface area (TPSA) is 46.3 Å². The maximum absolute atomic E-state index is 13.0. The summed E-state index contributed by atoms with van der Waals surface area (Å²) in [6.07, 6.45) is 4.42. The fraction of sp³-hybridized carbons (Fsp3) is 0.462. The summed E-state index contributed by atoms with van der Waals surface area (Å²) in [7, 11) is 0. The SMILES string of the molecule is O=C1CC2(CCCC2)C(=O)N1C[NH+]1CC[NH+](C(c2ccccc2)c2ccccc2)CC1. The number of hydrogen-bond donors (Lipinski definition) is 2. The third kappa shape index (κ3) is 3.92. The Labute approximate surface area is 184 Å². The quantitative estimate of drug-likeness (QED) is 0.706. The molecule has 31 heavy (non-hydrogen) atoms. The molecule has 1 spiro atoms. The summed E-state index contributed by atoms with van der Waals surface area (Å²) in [5, 5.41) is 0. The van der Waals surface area contributed by atoms with Gasteiger partial charge in [-0.15, -0.1) is 0 Å². The molecule has 2 aromatic carbocycles. The van der Waals surface area contributed by atoms with Crippen LogP contribution in [0.3, 0.4) is 0 Å². The van der Waals surface area contributed by atoms with E-state index in [0.29, 0.717) is 19.1 Å². The largest absolute Gasteiger partial charge is 0.316 e. The van der Waals surface area contributed by atoms with Crippen molar-refractivity contribution in [3.05, 3.63) is 71.8 Å². The highest BCUT2D eigenvalue weighted by Crippen LogP contribution is 2.46. The Balaban J connectivity index is 1.26. The van der Waals surface area contributed by atoms with E-state index in [0.717, 1.165) is 51.9 Å². The van der Waals surface area contributed by atoms with Crippen LogP contribution in [0.25, 0.3) is 0 Å². The van der Waals surface area contributed by atoms with Crippen molar-refractivity contribution in [2.75, 3.05) is 32.8 Å². The van der Waals surface area contributed by atoms with E-state index in [9.17, 15) is 9.59 Å². The van der Waals surface area contributed by atoms with E-state index < -0.39 is 0 Å². The van der Waals surface area contributed by atoms with Gasteiger partial charge in [0.25, 0.3) is 0 Å². The fourth-order valence-electron chi connectivity index (χ4n) is 6.01. The first-order valence-corrected chi connectivity index (χ1v) is 11.8. The molecular weight excluding hydrogens is 386 g/mol. The van der Waals surface area contributed by atoms with Gasteiger partial charge in [-0.05, 0) is 12.8 Å². The molecule has 0 bridgehead atoms. The lowest BCUT2D eigenvalue weighted by molar-refractivity contribution is -1.03. The zero-order chi connectivity index (χ0) is 21.3. The number of likely N-dealkylation sites (tertiary alicyclic amines) is 1. The molecule has 0 unspecified atom stereocenters. The van der Waals surface area contributed by atoms with Crippen molar-refractivity contribution in [3.8, 4) is 0 Å². The molecule has 0 aromatic heterocycles. The molecular formula is C26H33N3O2+2. The summed E-state index contributed by atoms with van der Waals surface area (Å²) in [5.41, 5.74) is 2.34. The van der Waals surface area contributed by atoms with Gasteiger partial charge in [0, 0.05) is 17.5 Å². The monoisotopic (exact) mass is 419 g/mol. The van der Waals surface area contributed by atoms with Crippen LogP contribution in [0, 0.1) is 5.41 Å². The van der Waals surface area contributed by atoms with Gasteiger partial charge in [-0.3, -0.25) is 9.59 Å². The number of quaternary nitrogens is 2. The summed E-state index contributed by atoms with van der Waals surface area (Å²) >= 11 is 0. The fourth-order valence-corrected chi connectivity index (χ4v) is 6.01. The number of amides is 2. The van der Waals surface area contributed by atoms with Gasteiger partial charge in [0.1, 0.15) is 32.2 Å². The molecule has 5 heteroatoms. The molecule has 0 atom stereocenters. The van der Waals surface area contributed by atoms with Gasteiger partial charge in [-0.2, -0.15) is 0 Å². The van der Waals surface area contributed by atoms with Crippen molar-refractivity contribution in [3.63, 3.8) is 0 Å². The number of carbonyl (C=O) groups is 2. The Morgan fingerprint density at radius 2 is 1.35 bits per heavy atom. The highest BCUT2D eigenvalue weighted by Gasteiger charge is 2.53. The highest BCUT2D eigenvalue weighted by molar-refractivity contribution is 6.05. The molecule has 162 valence electrons. The first-order valence-electron chi connectivity index (χ1n) is 11.8. The third-order valence-electron chi connectivity index (χ3n) is 7.71. The van der Waals surface area contributed by atoms with E-state index in [1.54, 1.807) is 9.80 Å². The zero-order valence-electron chi connectivity index (χ0n) is 18.2. The van der Waals surface area contributed by atoms with Gasteiger partial charge in [-0.25, -0.2) is 4.90 Å². The third-order valence-corrected chi connectivity index (χ3v) is 7.71. The maximum Gasteiger partial charge on any atom is 0.240 e. The van der Waals surface area contributed by atoms with Crippen LogP contribution in [-0.2, 0) is 9.59 Å². The van der Waals surface area contributed by atoms with Crippen LogP contribution in [0.5, 0.6) is 0 Å². The molecule has 2 N–H and O–H groups in total. The minimum absolute atomic E-state index is 0.0561. The summed E-state index contributed by atoms with van der Waals surface area (Å²) < 4.78 is 0. The van der Waals surface area contributed by atoms with Crippen LogP contribution in [0.4, 0.5) is 0 Å². The van der Waals surface area contributed by atoms with Gasteiger partial charge < -0.3 is 9.80 Å². The van der Waals surface area contributed by atoms with Crippen LogP contribution in [0.1, 0.15) is 49.3 Å². The molecule has 2 aliphatic heterocycles. The molecule has 5 rings (SSSR count). The van der Waals surface area contributed by atoms with Crippen LogP contribution < -0.4 is 9.80 Å². The normalized spacial score (nSPS) is 25.6. The Morgan fingerprint density at radius 3 is 1.90 bits per heavy atom. The molecule has 2 aromatic rings. The number of benzene rings is 2. The first-order chi connectivity index (χ1) is 15.2. The number of piperazine rings is 1. The second-order valence-corrected chi connectivity index (χ2v) is 9.61. The molecule has 2 amide bonds. The molecule has 2 saturated heterocycles. The Kier molecular flexibility index (Phi) is 5.63. The van der Waals surface area contributed by atoms with E-state index in [2.05, 4.69) is 60.7 Å². The van der Waals surface area contributed by atoms with E-state index in [1.165, 1.54) is 16.0 Å². The summed E-state index contributed by atoms with van der Waals surface area (Å²) in [6, 6.07) is 21.9. The van der Waals surface area contributed by atoms with Crippen molar-refractivity contribution in [1.29, 1.82) is 0 Å². The number of carbonyl (C=O) groups excluding carboxylic acids is 2. The van der Waals surface area contributed by atoms with E-state index in [4.69, 9.17) is 0 Å². The summed E-state index contributed by atoms with van der Waals surface area (Å²) in [4.78, 5) is 30.2. The van der Waals surface area contributed by atoms with E-state index >= 15 is 0 Å². The number of imide groups is 1. The Hall–Kier alpha value is -2.50. The summed E-state index contributed by atoms with van der Waals surface area (Å²) in [5.74, 6) is 0.171. The minimum Gasteiger partial charge on any atom is -0.316 e. The van der Waals surface area contributed by atoms with Crippen LogP contribution >= 0.6 is 0 Å². The second-order valence-electron chi connectivity index (χ2n) is 9.61. The predicted octanol–water partition coefficient (Wildman–Crippen LogP) is 0.836. The van der Waals surface area contributed by atoms with Gasteiger partial charge in [0.2, 0.25) is 11.8 Å². The number of rotatable bonds is 5. The van der Waals surface area contributed by atoms with Gasteiger partial charge in [-0.1, -0.05) is 73.5 Å². The van der Waals surface area contributed by atoms with Gasteiger partial charge >= 0.3 is 0 Å². The number of nitrogens with one attached hydrogen (secondary N) is 2. The predicted molar refractivity (Wildman–Crippen MR) is 118 cm³/mol. The van der Waals surface area contributed by atoms with Crippen molar-refractivity contribution in [1.82, 2.24) is 4.90 Å². The van der Waals surface area contributed by atoms with Crippen molar-refractivity contribution >= 4 is 11.8 Å². The molecule has 2 heterocycles. The lowest BCUT2D eigenvalue weighted by Gasteiger charge is -2.36. The van der Waals surface area contributed by atoms with Gasteiger partial charge in [0.05, 0.1) is 5.41 Å². The van der Waals surface area contributed by atoms with Crippen LogP contribution in [-0.4, -0.2) is 49.6 Å². The Bertz CT molecular complexity index is 877. The Morgan fingerprint density at radius 1 is 0.806 bits per heavy atom. The first kappa shape index (κ1) is 20.4. The molecule has 1 aliphatic carbocycles. The highest BCUT2D eigenvalue weighted by atomic mass is 16.2. The summed E-state index contributed by atoms with van der Waals surface area (Å²) in [6.45, 7) is 4.58. The average Bonchev–Trinajstić information content (AvgIpc) is 3.37. The van der Waals surface area contributed by atoms with Crippen molar-refractivity contribution in [2.45, 2.75) is 38.1 Å². The lowest BCUT2D eigenvalue weighted by Crippen LogP contribution is -3.28. The molecule has 1 saturated carbocycles. The lowest BCUT2D eigenvalue weighted by atomic mass is 9.85. The molecule has 3 aliphatic rings. The van der Waals surface area contributed by atoms with Crippen LogP contribution in [0.2, 0.25) is 0 Å². The van der Waals surface area contributed by atoms with Gasteiger partial charge in [0.15, 0.2) is 6.67 Å². The molecule has 0 radical (unpaired) electrons. The second kappa shape index (κ2) is 8.56. The van der Waals surface area contributed by atoms with Crippen LogP contribution in [0.15, 0.2) is 60.7 Å². The van der Waals surface area contributed by atoms with Crippen molar-refractivity contribution in [2.24, 2.45) is 5.41 Å².